The molecule has 0 radical (unpaired) electrons. The van der Waals surface area contributed by atoms with Crippen LogP contribution in [0.1, 0.15) is 63.9 Å². The largest absolute Gasteiger partial charge is 0.461 e. The Hall–Kier alpha value is -3.61. The summed E-state index contributed by atoms with van der Waals surface area (Å²) in [4.78, 5) is 32.0. The second-order valence-electron chi connectivity index (χ2n) is 11.7. The Morgan fingerprint density at radius 3 is 2.30 bits per heavy atom. The van der Waals surface area contributed by atoms with Crippen LogP contribution in [0.2, 0.25) is 0 Å². The van der Waals surface area contributed by atoms with E-state index in [0.29, 0.717) is 26.2 Å². The Morgan fingerprint density at radius 1 is 1.00 bits per heavy atom. The van der Waals surface area contributed by atoms with Gasteiger partial charge in [-0.2, -0.15) is 0 Å². The second-order valence-corrected chi connectivity index (χ2v) is 11.7. The first-order chi connectivity index (χ1) is 19.2. The van der Waals surface area contributed by atoms with E-state index in [1.807, 2.05) is 54.9 Å². The molecule has 7 nitrogen and oxygen atoms in total. The predicted octanol–water partition coefficient (Wildman–Crippen LogP) is 6.77. The Kier molecular flexibility index (Phi) is 9.67. The van der Waals surface area contributed by atoms with E-state index in [1.165, 1.54) is 5.56 Å². The molecule has 214 valence electrons. The van der Waals surface area contributed by atoms with Crippen LogP contribution in [-0.4, -0.2) is 46.2 Å². The monoisotopic (exact) mass is 545 g/mol. The van der Waals surface area contributed by atoms with Crippen LogP contribution in [0.4, 0.5) is 4.79 Å². The Morgan fingerprint density at radius 2 is 1.68 bits per heavy atom. The lowest BCUT2D eigenvalue weighted by atomic mass is 9.83. The number of ether oxygens (including phenoxy) is 2. The smallest absolute Gasteiger partial charge is 0.409 e. The average molecular weight is 546 g/mol. The van der Waals surface area contributed by atoms with Gasteiger partial charge < -0.3 is 18.9 Å². The highest BCUT2D eigenvalue weighted by Crippen LogP contribution is 2.29. The lowest BCUT2D eigenvalue weighted by Crippen LogP contribution is -2.42. The molecule has 0 spiro atoms. The molecule has 1 amide bonds. The van der Waals surface area contributed by atoms with Gasteiger partial charge in [0.15, 0.2) is 0 Å². The molecule has 40 heavy (non-hydrogen) atoms. The van der Waals surface area contributed by atoms with E-state index in [9.17, 15) is 9.59 Å². The van der Waals surface area contributed by atoms with E-state index in [1.54, 1.807) is 4.90 Å². The van der Waals surface area contributed by atoms with E-state index >= 15 is 0 Å². The molecular formula is C33H43N3O4. The van der Waals surface area contributed by atoms with Crippen LogP contribution in [0.5, 0.6) is 0 Å². The molecule has 1 atom stereocenters. The fraction of sp³-hybridized carbons (Fsp3) is 0.485. The third-order valence-electron chi connectivity index (χ3n) is 7.91. The van der Waals surface area contributed by atoms with Gasteiger partial charge in [-0.15, -0.1) is 0 Å². The number of nitrogens with zero attached hydrogens (tertiary/aromatic N) is 3. The first kappa shape index (κ1) is 29.4. The van der Waals surface area contributed by atoms with Crippen molar-refractivity contribution >= 4 is 12.1 Å². The highest BCUT2D eigenvalue weighted by molar-refractivity contribution is 5.73. The molecule has 7 heteroatoms. The summed E-state index contributed by atoms with van der Waals surface area (Å²) in [5.41, 5.74) is 4.37. The van der Waals surface area contributed by atoms with E-state index in [0.717, 1.165) is 41.9 Å². The molecule has 0 saturated carbocycles. The molecule has 1 aliphatic rings. The number of carbonyl (C=O) groups is 2. The molecule has 1 unspecified atom stereocenters. The molecule has 3 aromatic rings. The Bertz CT molecular complexity index is 1250. The number of amides is 1. The number of aromatic nitrogens is 2. The Balaban J connectivity index is 1.22. The normalized spacial score (nSPS) is 15.1. The predicted molar refractivity (Wildman–Crippen MR) is 157 cm³/mol. The van der Waals surface area contributed by atoms with Crippen molar-refractivity contribution in [2.24, 2.45) is 11.8 Å². The summed E-state index contributed by atoms with van der Waals surface area (Å²) in [5.74, 6) is 0.802. The maximum Gasteiger partial charge on any atom is 0.409 e. The number of carbonyl (C=O) groups excluding carboxylic acids is 2. The SMILES string of the molecule is CCC(C(=O)OCc1ccccc1)C1CCN(C(=O)OCCn2cc(-c3ccc(C(C)(C)C)cc3)nc2C)CC1. The lowest BCUT2D eigenvalue weighted by molar-refractivity contribution is -0.152. The minimum absolute atomic E-state index is 0.110. The molecule has 4 rings (SSSR count). The minimum Gasteiger partial charge on any atom is -0.461 e. The molecule has 2 heterocycles. The van der Waals surface area contributed by atoms with Crippen LogP contribution in [-0.2, 0) is 32.8 Å². The average Bonchev–Trinajstić information content (AvgIpc) is 3.33. The van der Waals surface area contributed by atoms with E-state index < -0.39 is 0 Å². The van der Waals surface area contributed by atoms with Crippen molar-refractivity contribution in [3.05, 3.63) is 77.7 Å². The number of imidazole rings is 1. The van der Waals surface area contributed by atoms with Crippen molar-refractivity contribution in [3.63, 3.8) is 0 Å². The first-order valence-corrected chi connectivity index (χ1v) is 14.4. The summed E-state index contributed by atoms with van der Waals surface area (Å²) < 4.78 is 13.2. The fourth-order valence-electron chi connectivity index (χ4n) is 5.35. The van der Waals surface area contributed by atoms with Crippen LogP contribution in [0.3, 0.4) is 0 Å². The van der Waals surface area contributed by atoms with Crippen LogP contribution in [0.25, 0.3) is 11.3 Å². The molecule has 1 aromatic heterocycles. The minimum atomic E-state index is -0.297. The van der Waals surface area contributed by atoms with Gasteiger partial charge in [-0.25, -0.2) is 9.78 Å². The van der Waals surface area contributed by atoms with E-state index in [4.69, 9.17) is 14.5 Å². The van der Waals surface area contributed by atoms with Crippen molar-refractivity contribution in [3.8, 4) is 11.3 Å². The van der Waals surface area contributed by atoms with E-state index in [-0.39, 0.29) is 35.9 Å². The third kappa shape index (κ3) is 7.52. The van der Waals surface area contributed by atoms with Gasteiger partial charge in [-0.3, -0.25) is 4.79 Å². The van der Waals surface area contributed by atoms with Gasteiger partial charge in [-0.1, -0.05) is 82.3 Å². The second kappa shape index (κ2) is 13.2. The number of rotatable bonds is 9. The summed E-state index contributed by atoms with van der Waals surface area (Å²) in [7, 11) is 0. The zero-order valence-corrected chi connectivity index (χ0v) is 24.6. The molecule has 1 aliphatic heterocycles. The number of aryl methyl sites for hydroxylation is 1. The van der Waals surface area contributed by atoms with Gasteiger partial charge in [-0.05, 0) is 48.6 Å². The van der Waals surface area contributed by atoms with E-state index in [2.05, 4.69) is 45.0 Å². The standard InChI is InChI=1S/C33H43N3O4/c1-6-29(31(37)40-23-25-10-8-7-9-11-25)26-16-18-35(19-17-26)32(38)39-21-20-36-22-30(34-24(36)2)27-12-14-28(15-13-27)33(3,4)5/h7-15,22,26,29H,6,16-21,23H2,1-5H3. The molecular weight excluding hydrogens is 502 g/mol. The maximum absolute atomic E-state index is 12.8. The fourth-order valence-corrected chi connectivity index (χ4v) is 5.35. The number of benzene rings is 2. The van der Waals surface area contributed by atoms with Gasteiger partial charge in [0, 0.05) is 24.8 Å². The molecule has 1 saturated heterocycles. The maximum atomic E-state index is 12.8. The number of esters is 1. The van der Waals surface area contributed by atoms with Gasteiger partial charge in [0.2, 0.25) is 0 Å². The quantitative estimate of drug-likeness (QED) is 0.277. The number of piperidine rings is 1. The molecule has 2 aromatic carbocycles. The van der Waals surface area contributed by atoms with Gasteiger partial charge >= 0.3 is 12.1 Å². The third-order valence-corrected chi connectivity index (χ3v) is 7.91. The van der Waals surface area contributed by atoms with Crippen LogP contribution >= 0.6 is 0 Å². The van der Waals surface area contributed by atoms with Crippen molar-refractivity contribution in [1.29, 1.82) is 0 Å². The summed E-state index contributed by atoms with van der Waals surface area (Å²) in [6, 6.07) is 18.3. The van der Waals surface area contributed by atoms with Gasteiger partial charge in [0.05, 0.1) is 18.2 Å². The zero-order valence-electron chi connectivity index (χ0n) is 24.6. The van der Waals surface area contributed by atoms with Crippen molar-refractivity contribution in [2.45, 2.75) is 72.4 Å². The van der Waals surface area contributed by atoms with Crippen molar-refractivity contribution in [1.82, 2.24) is 14.5 Å². The molecule has 0 N–H and O–H groups in total. The summed E-state index contributed by atoms with van der Waals surface area (Å²) in [5, 5.41) is 0. The summed E-state index contributed by atoms with van der Waals surface area (Å²) in [6.07, 6.45) is 3.99. The topological polar surface area (TPSA) is 73.7 Å². The highest BCUT2D eigenvalue weighted by atomic mass is 16.6. The summed E-state index contributed by atoms with van der Waals surface area (Å²) >= 11 is 0. The van der Waals surface area contributed by atoms with Gasteiger partial charge in [0.25, 0.3) is 0 Å². The first-order valence-electron chi connectivity index (χ1n) is 14.4. The van der Waals surface area contributed by atoms with Crippen molar-refractivity contribution in [2.75, 3.05) is 19.7 Å². The summed E-state index contributed by atoms with van der Waals surface area (Å²) in [6.45, 7) is 12.9. The van der Waals surface area contributed by atoms with Crippen LogP contribution in [0.15, 0.2) is 60.8 Å². The molecule has 0 bridgehead atoms. The van der Waals surface area contributed by atoms with Crippen LogP contribution < -0.4 is 0 Å². The lowest BCUT2D eigenvalue weighted by Gasteiger charge is -2.34. The molecule has 0 aliphatic carbocycles. The highest BCUT2D eigenvalue weighted by Gasteiger charge is 2.33. The molecule has 1 fully saturated rings. The zero-order chi connectivity index (χ0) is 28.7. The van der Waals surface area contributed by atoms with Gasteiger partial charge in [0.1, 0.15) is 19.0 Å². The number of hydrogen-bond acceptors (Lipinski definition) is 5. The van der Waals surface area contributed by atoms with Crippen molar-refractivity contribution < 1.29 is 19.1 Å². The number of hydrogen-bond donors (Lipinski definition) is 0. The Labute approximate surface area is 238 Å². The van der Waals surface area contributed by atoms with Crippen LogP contribution in [0, 0.1) is 18.8 Å². The number of likely N-dealkylation sites (tertiary alicyclic amines) is 1.